The van der Waals surface area contributed by atoms with Crippen molar-refractivity contribution >= 4 is 26.8 Å². The van der Waals surface area contributed by atoms with E-state index in [1.54, 1.807) is 12.1 Å². The molecule has 2 aromatic carbocycles. The van der Waals surface area contributed by atoms with E-state index in [-0.39, 0.29) is 5.78 Å². The summed E-state index contributed by atoms with van der Waals surface area (Å²) in [5.41, 5.74) is 2.45. The number of ketones is 1. The minimum Gasteiger partial charge on any atom is -0.386 e. The summed E-state index contributed by atoms with van der Waals surface area (Å²) in [6.07, 6.45) is 0. The predicted molar refractivity (Wildman–Crippen MR) is 70.8 cm³/mol. The van der Waals surface area contributed by atoms with Gasteiger partial charge in [0.05, 0.1) is 0 Å². The molecule has 0 aromatic heterocycles. The van der Waals surface area contributed by atoms with Gasteiger partial charge < -0.3 is 8.85 Å². The van der Waals surface area contributed by atoms with E-state index in [0.717, 1.165) is 0 Å². The lowest BCUT2D eigenvalue weighted by Gasteiger charge is -2.38. The molecule has 0 N–H and O–H groups in total. The highest BCUT2D eigenvalue weighted by Crippen LogP contribution is 2.42. The molecule has 1 aliphatic rings. The smallest absolute Gasteiger partial charge is 0.251 e. The molecule has 0 fully saturated rings. The van der Waals surface area contributed by atoms with Crippen molar-refractivity contribution in [2.75, 3.05) is 0 Å². The minimum absolute atomic E-state index is 0.0331. The normalized spacial score (nSPS) is 15.8. The van der Waals surface area contributed by atoms with Gasteiger partial charge in [-0.3, -0.25) is 4.79 Å². The first kappa shape index (κ1) is 12.5. The van der Waals surface area contributed by atoms with Crippen LogP contribution in [0.1, 0.15) is 27.0 Å². The zero-order valence-corrected chi connectivity index (χ0v) is 11.8. The summed E-state index contributed by atoms with van der Waals surface area (Å²) in [5.74, 6) is -1.22. The number of benzene rings is 2. The lowest BCUT2D eigenvalue weighted by molar-refractivity contribution is -0.0769. The summed E-state index contributed by atoms with van der Waals surface area (Å²) in [7, 11) is 6.15. The highest BCUT2D eigenvalue weighted by atomic mass is 28.2. The maximum absolute atomic E-state index is 12.5. The molecule has 90 valence electrons. The van der Waals surface area contributed by atoms with Crippen molar-refractivity contribution < 1.29 is 13.6 Å². The van der Waals surface area contributed by atoms with Crippen molar-refractivity contribution in [2.45, 2.75) is 5.79 Å². The van der Waals surface area contributed by atoms with Gasteiger partial charge in [0.1, 0.15) is 0 Å². The van der Waals surface area contributed by atoms with Crippen molar-refractivity contribution in [3.8, 4) is 0 Å². The van der Waals surface area contributed by atoms with Gasteiger partial charge in [-0.2, -0.15) is 0 Å². The van der Waals surface area contributed by atoms with E-state index >= 15 is 0 Å². The van der Waals surface area contributed by atoms with Crippen LogP contribution >= 0.6 is 0 Å². The Kier molecular flexibility index (Phi) is 2.98. The van der Waals surface area contributed by atoms with E-state index in [2.05, 4.69) is 21.0 Å². The van der Waals surface area contributed by atoms with Gasteiger partial charge in [-0.05, 0) is 0 Å². The number of hydrogen-bond donors (Lipinski definition) is 0. The first-order chi connectivity index (χ1) is 9.24. The third kappa shape index (κ3) is 1.60. The van der Waals surface area contributed by atoms with Gasteiger partial charge in [-0.25, -0.2) is 0 Å². The molecule has 2 aromatic rings. The molecule has 0 unspecified atom stereocenters. The van der Waals surface area contributed by atoms with Gasteiger partial charge in [0.2, 0.25) is 5.79 Å². The van der Waals surface area contributed by atoms with Gasteiger partial charge in [0, 0.05) is 22.3 Å². The molecule has 0 aliphatic heterocycles. The lowest BCUT2D eigenvalue weighted by Crippen LogP contribution is -2.39. The summed E-state index contributed by atoms with van der Waals surface area (Å²) in [6.45, 7) is 0. The second-order valence-corrected chi connectivity index (χ2v) is 4.65. The molecule has 0 saturated carbocycles. The van der Waals surface area contributed by atoms with Crippen LogP contribution in [0.3, 0.4) is 0 Å². The number of carbonyl (C=O) groups is 1. The number of rotatable bonds is 2. The van der Waals surface area contributed by atoms with Crippen LogP contribution < -0.4 is 0 Å². The zero-order chi connectivity index (χ0) is 13.5. The van der Waals surface area contributed by atoms with E-state index in [9.17, 15) is 4.79 Å². The molecule has 0 heterocycles. The molecular weight excluding hydrogens is 272 g/mol. The van der Waals surface area contributed by atoms with E-state index in [1.807, 2.05) is 36.4 Å². The SMILES string of the molecule is O=C1c2ccccc2C(O[Si])(O[Si])c2ccccc21. The molecule has 3 nitrogen and oxygen atoms in total. The van der Waals surface area contributed by atoms with Gasteiger partial charge in [-0.15, -0.1) is 0 Å². The second kappa shape index (κ2) is 4.54. The molecule has 0 amide bonds. The topological polar surface area (TPSA) is 35.5 Å². The quantitative estimate of drug-likeness (QED) is 0.619. The Hall–Kier alpha value is -1.54. The zero-order valence-electron chi connectivity index (χ0n) is 9.84. The molecule has 0 bridgehead atoms. The summed E-state index contributed by atoms with van der Waals surface area (Å²) in [6, 6.07) is 14.5. The predicted octanol–water partition coefficient (Wildman–Crippen LogP) is 1.63. The third-order valence-electron chi connectivity index (χ3n) is 3.34. The van der Waals surface area contributed by atoms with Crippen molar-refractivity contribution in [1.82, 2.24) is 0 Å². The van der Waals surface area contributed by atoms with Crippen LogP contribution in [-0.2, 0) is 14.6 Å². The maximum atomic E-state index is 12.5. The first-order valence-electron chi connectivity index (χ1n) is 5.68. The highest BCUT2D eigenvalue weighted by Gasteiger charge is 2.43. The molecule has 19 heavy (non-hydrogen) atoms. The standard InChI is InChI=1S/C14H8O3Si2/c15-13-9-5-1-3-7-11(9)14(16-18,17-19)12-8-4-2-6-10(12)13/h1-8H. The molecule has 3 rings (SSSR count). The Morgan fingerprint density at radius 1 is 0.789 bits per heavy atom. The van der Waals surface area contributed by atoms with Crippen LogP contribution in [0, 0.1) is 0 Å². The fraction of sp³-hybridized carbons (Fsp3) is 0.0714. The molecule has 0 spiro atoms. The van der Waals surface area contributed by atoms with Crippen molar-refractivity contribution in [3.63, 3.8) is 0 Å². The van der Waals surface area contributed by atoms with Crippen LogP contribution in [0.2, 0.25) is 0 Å². The average molecular weight is 280 g/mol. The Labute approximate surface area is 117 Å². The monoisotopic (exact) mass is 280 g/mol. The Bertz CT molecular complexity index is 599. The Balaban J connectivity index is 2.39. The molecule has 6 radical (unpaired) electrons. The van der Waals surface area contributed by atoms with E-state index in [0.29, 0.717) is 22.3 Å². The fourth-order valence-electron chi connectivity index (χ4n) is 2.47. The maximum Gasteiger partial charge on any atom is 0.251 e. The molecule has 0 atom stereocenters. The lowest BCUT2D eigenvalue weighted by atomic mass is 9.81. The molecule has 1 aliphatic carbocycles. The van der Waals surface area contributed by atoms with Crippen LogP contribution in [0.25, 0.3) is 0 Å². The molecular formula is C14H8O3Si2. The van der Waals surface area contributed by atoms with Crippen molar-refractivity contribution in [2.24, 2.45) is 0 Å². The first-order valence-corrected chi connectivity index (χ1v) is 6.49. The third-order valence-corrected chi connectivity index (χ3v) is 3.91. The summed E-state index contributed by atoms with van der Waals surface area (Å²) >= 11 is 0. The van der Waals surface area contributed by atoms with Gasteiger partial charge in [-0.1, -0.05) is 48.5 Å². The van der Waals surface area contributed by atoms with E-state index in [4.69, 9.17) is 8.85 Å². The van der Waals surface area contributed by atoms with Crippen molar-refractivity contribution in [3.05, 3.63) is 70.8 Å². The fourth-order valence-corrected chi connectivity index (χ4v) is 3.07. The number of carbonyl (C=O) groups excluding carboxylic acids is 1. The van der Waals surface area contributed by atoms with Gasteiger partial charge in [0.15, 0.2) is 5.78 Å². The number of fused-ring (bicyclic) bond motifs is 2. The summed E-state index contributed by atoms with van der Waals surface area (Å²) in [4.78, 5) is 12.5. The van der Waals surface area contributed by atoms with Gasteiger partial charge in [0.25, 0.3) is 21.0 Å². The Morgan fingerprint density at radius 3 is 1.63 bits per heavy atom. The van der Waals surface area contributed by atoms with E-state index in [1.165, 1.54) is 0 Å². The van der Waals surface area contributed by atoms with E-state index < -0.39 is 5.79 Å². The second-order valence-electron chi connectivity index (χ2n) is 4.24. The Morgan fingerprint density at radius 2 is 1.21 bits per heavy atom. The van der Waals surface area contributed by atoms with Crippen LogP contribution in [-0.4, -0.2) is 26.8 Å². The minimum atomic E-state index is -1.19. The summed E-state index contributed by atoms with van der Waals surface area (Å²) < 4.78 is 10.8. The molecule has 0 saturated heterocycles. The van der Waals surface area contributed by atoms with Crippen molar-refractivity contribution in [1.29, 1.82) is 0 Å². The van der Waals surface area contributed by atoms with Crippen LogP contribution in [0.5, 0.6) is 0 Å². The van der Waals surface area contributed by atoms with Crippen LogP contribution in [0.15, 0.2) is 48.5 Å². The largest absolute Gasteiger partial charge is 0.386 e. The van der Waals surface area contributed by atoms with Gasteiger partial charge >= 0.3 is 0 Å². The van der Waals surface area contributed by atoms with Crippen LogP contribution in [0.4, 0.5) is 0 Å². The molecule has 5 heteroatoms. The highest BCUT2D eigenvalue weighted by molar-refractivity contribution is 6.13. The average Bonchev–Trinajstić information content (AvgIpc) is 2.49. The number of hydrogen-bond acceptors (Lipinski definition) is 3. The summed E-state index contributed by atoms with van der Waals surface area (Å²) in [5, 5.41) is 0.